The maximum atomic E-state index is 12.7. The second-order valence-electron chi connectivity index (χ2n) is 8.40. The van der Waals surface area contributed by atoms with E-state index in [9.17, 15) is 4.79 Å². The fraction of sp³-hybridized carbons (Fsp3) is 0.522. The molecule has 0 bridgehead atoms. The predicted molar refractivity (Wildman–Crippen MR) is 117 cm³/mol. The second-order valence-corrected chi connectivity index (χ2v) is 8.40. The number of rotatable bonds is 8. The first-order chi connectivity index (χ1) is 14.6. The largest absolute Gasteiger partial charge is 0.382 e. The van der Waals surface area contributed by atoms with E-state index in [0.717, 1.165) is 37.7 Å². The van der Waals surface area contributed by atoms with Gasteiger partial charge in [0.25, 0.3) is 5.56 Å². The van der Waals surface area contributed by atoms with Crippen molar-refractivity contribution in [3.63, 3.8) is 0 Å². The second kappa shape index (κ2) is 9.10. The van der Waals surface area contributed by atoms with Gasteiger partial charge in [-0.25, -0.2) is 9.50 Å². The third-order valence-corrected chi connectivity index (χ3v) is 6.07. The van der Waals surface area contributed by atoms with Crippen LogP contribution in [0.4, 0.5) is 0 Å². The molecule has 1 aliphatic heterocycles. The number of nitrogens with one attached hydrogen (secondary N) is 1. The summed E-state index contributed by atoms with van der Waals surface area (Å²) in [6.07, 6.45) is 2.48. The van der Waals surface area contributed by atoms with Crippen LogP contribution >= 0.6 is 0 Å². The number of ether oxygens (including phenoxy) is 1. The SMILES string of the molecule is CCOCCC(C)c1ncc2c(=O)[nH]c([C@@H]3CN(Cc4ccccc4)C[C@H]3C)nn12. The van der Waals surface area contributed by atoms with Crippen molar-refractivity contribution < 1.29 is 4.74 Å². The molecule has 2 aromatic heterocycles. The van der Waals surface area contributed by atoms with Crippen molar-refractivity contribution in [1.82, 2.24) is 24.5 Å². The van der Waals surface area contributed by atoms with Crippen molar-refractivity contribution in [2.24, 2.45) is 5.92 Å². The first-order valence-electron chi connectivity index (χ1n) is 10.9. The van der Waals surface area contributed by atoms with E-state index >= 15 is 0 Å². The van der Waals surface area contributed by atoms with Crippen LogP contribution in [0.2, 0.25) is 0 Å². The Balaban J connectivity index is 1.56. The standard InChI is InChI=1S/C23H31N5O2/c1-4-30-11-10-16(2)22-24-12-20-23(29)25-21(26-28(20)22)19-15-27(13-17(19)3)14-18-8-6-5-7-9-18/h5-9,12,16-17,19H,4,10-11,13-15H2,1-3H3,(H,25,26,29)/t16?,17-,19-/m1/s1. The number of fused-ring (bicyclic) bond motifs is 1. The van der Waals surface area contributed by atoms with Gasteiger partial charge < -0.3 is 9.72 Å². The Morgan fingerprint density at radius 2 is 2.07 bits per heavy atom. The number of likely N-dealkylation sites (tertiary alicyclic amines) is 1. The van der Waals surface area contributed by atoms with Gasteiger partial charge in [-0.3, -0.25) is 9.69 Å². The monoisotopic (exact) mass is 409 g/mol. The van der Waals surface area contributed by atoms with Crippen LogP contribution in [0.3, 0.4) is 0 Å². The molecule has 3 heterocycles. The number of aromatic amines is 1. The van der Waals surface area contributed by atoms with E-state index in [-0.39, 0.29) is 17.4 Å². The van der Waals surface area contributed by atoms with Crippen molar-refractivity contribution in [2.45, 2.75) is 45.6 Å². The molecule has 1 saturated heterocycles. The summed E-state index contributed by atoms with van der Waals surface area (Å²) in [5.41, 5.74) is 1.69. The highest BCUT2D eigenvalue weighted by Gasteiger charge is 2.33. The van der Waals surface area contributed by atoms with E-state index in [0.29, 0.717) is 24.6 Å². The van der Waals surface area contributed by atoms with Crippen LogP contribution in [0.15, 0.2) is 41.3 Å². The van der Waals surface area contributed by atoms with Gasteiger partial charge in [0.15, 0.2) is 5.52 Å². The average Bonchev–Trinajstić information content (AvgIpc) is 3.32. The number of H-pyrrole nitrogens is 1. The molecule has 160 valence electrons. The van der Waals surface area contributed by atoms with E-state index in [1.807, 2.05) is 13.0 Å². The molecule has 0 aliphatic carbocycles. The van der Waals surface area contributed by atoms with Crippen LogP contribution < -0.4 is 5.56 Å². The Morgan fingerprint density at radius 3 is 2.83 bits per heavy atom. The zero-order chi connectivity index (χ0) is 21.1. The Labute approximate surface area is 177 Å². The van der Waals surface area contributed by atoms with Gasteiger partial charge in [0, 0.05) is 44.7 Å². The van der Waals surface area contributed by atoms with Crippen molar-refractivity contribution in [3.8, 4) is 0 Å². The van der Waals surface area contributed by atoms with Crippen molar-refractivity contribution >= 4 is 5.52 Å². The summed E-state index contributed by atoms with van der Waals surface area (Å²) >= 11 is 0. The normalized spacial score (nSPS) is 20.8. The van der Waals surface area contributed by atoms with Crippen LogP contribution in [0.25, 0.3) is 5.52 Å². The maximum absolute atomic E-state index is 12.7. The molecular weight excluding hydrogens is 378 g/mol. The van der Waals surface area contributed by atoms with E-state index in [4.69, 9.17) is 9.84 Å². The van der Waals surface area contributed by atoms with Crippen LogP contribution in [0, 0.1) is 5.92 Å². The van der Waals surface area contributed by atoms with E-state index < -0.39 is 0 Å². The summed E-state index contributed by atoms with van der Waals surface area (Å²) in [6, 6.07) is 10.5. The van der Waals surface area contributed by atoms with Crippen LogP contribution in [-0.2, 0) is 11.3 Å². The molecule has 7 heteroatoms. The molecule has 7 nitrogen and oxygen atoms in total. The fourth-order valence-electron chi connectivity index (χ4n) is 4.36. The summed E-state index contributed by atoms with van der Waals surface area (Å²) < 4.78 is 7.23. The highest BCUT2D eigenvalue weighted by atomic mass is 16.5. The first kappa shape index (κ1) is 20.8. The minimum absolute atomic E-state index is 0.121. The summed E-state index contributed by atoms with van der Waals surface area (Å²) in [5, 5.41) is 4.85. The molecule has 0 saturated carbocycles. The highest BCUT2D eigenvalue weighted by molar-refractivity contribution is 5.42. The molecule has 1 N–H and O–H groups in total. The van der Waals surface area contributed by atoms with E-state index in [1.165, 1.54) is 5.56 Å². The number of aromatic nitrogens is 4. The Kier molecular flexibility index (Phi) is 6.29. The van der Waals surface area contributed by atoms with Crippen molar-refractivity contribution in [2.75, 3.05) is 26.3 Å². The zero-order valence-corrected chi connectivity index (χ0v) is 18.0. The average molecular weight is 410 g/mol. The van der Waals surface area contributed by atoms with Gasteiger partial charge in [0.05, 0.1) is 6.20 Å². The van der Waals surface area contributed by atoms with Crippen LogP contribution in [0.1, 0.15) is 56.2 Å². The van der Waals surface area contributed by atoms with Gasteiger partial charge >= 0.3 is 0 Å². The minimum atomic E-state index is -0.121. The number of nitrogens with zero attached hydrogens (tertiary/aromatic N) is 4. The Morgan fingerprint density at radius 1 is 1.27 bits per heavy atom. The van der Waals surface area contributed by atoms with Gasteiger partial charge in [-0.2, -0.15) is 5.10 Å². The van der Waals surface area contributed by atoms with Crippen molar-refractivity contribution in [3.05, 3.63) is 64.1 Å². The molecule has 30 heavy (non-hydrogen) atoms. The number of hydrogen-bond acceptors (Lipinski definition) is 5. The third kappa shape index (κ3) is 4.32. The molecule has 1 fully saturated rings. The molecule has 1 unspecified atom stereocenters. The van der Waals surface area contributed by atoms with Gasteiger partial charge in [0.1, 0.15) is 11.6 Å². The molecule has 3 atom stereocenters. The smallest absolute Gasteiger partial charge is 0.276 e. The van der Waals surface area contributed by atoms with Gasteiger partial charge in [-0.15, -0.1) is 0 Å². The zero-order valence-electron chi connectivity index (χ0n) is 18.0. The predicted octanol–water partition coefficient (Wildman–Crippen LogP) is 3.18. The van der Waals surface area contributed by atoms with Gasteiger partial charge in [-0.1, -0.05) is 44.2 Å². The Hall–Kier alpha value is -2.51. The van der Waals surface area contributed by atoms with Crippen LogP contribution in [-0.4, -0.2) is 50.8 Å². The quantitative estimate of drug-likeness (QED) is 0.579. The molecule has 0 spiro atoms. The molecular formula is C23H31N5O2. The fourth-order valence-corrected chi connectivity index (χ4v) is 4.36. The molecule has 0 radical (unpaired) electrons. The topological polar surface area (TPSA) is 75.5 Å². The summed E-state index contributed by atoms with van der Waals surface area (Å²) in [4.78, 5) is 22.7. The third-order valence-electron chi connectivity index (χ3n) is 6.07. The highest BCUT2D eigenvalue weighted by Crippen LogP contribution is 2.31. The lowest BCUT2D eigenvalue weighted by molar-refractivity contribution is 0.140. The van der Waals surface area contributed by atoms with Crippen LogP contribution in [0.5, 0.6) is 0 Å². The molecule has 3 aromatic rings. The van der Waals surface area contributed by atoms with Crippen molar-refractivity contribution in [1.29, 1.82) is 0 Å². The minimum Gasteiger partial charge on any atom is -0.382 e. The number of imidazole rings is 1. The number of hydrogen-bond donors (Lipinski definition) is 1. The molecule has 1 aliphatic rings. The summed E-state index contributed by atoms with van der Waals surface area (Å²) in [5.74, 6) is 2.35. The summed E-state index contributed by atoms with van der Waals surface area (Å²) in [7, 11) is 0. The number of benzene rings is 1. The maximum Gasteiger partial charge on any atom is 0.276 e. The lowest BCUT2D eigenvalue weighted by Gasteiger charge is -2.16. The van der Waals surface area contributed by atoms with Gasteiger partial charge in [-0.05, 0) is 24.8 Å². The Bertz CT molecular complexity index is 1030. The van der Waals surface area contributed by atoms with E-state index in [2.05, 4.69) is 53.0 Å². The molecule has 1 aromatic carbocycles. The molecule has 0 amide bonds. The first-order valence-corrected chi connectivity index (χ1v) is 10.9. The lowest BCUT2D eigenvalue weighted by atomic mass is 9.97. The summed E-state index contributed by atoms with van der Waals surface area (Å²) in [6.45, 7) is 10.5. The molecule has 4 rings (SSSR count). The lowest BCUT2D eigenvalue weighted by Crippen LogP contribution is -2.23. The van der Waals surface area contributed by atoms with E-state index in [1.54, 1.807) is 10.7 Å². The van der Waals surface area contributed by atoms with Gasteiger partial charge in [0.2, 0.25) is 0 Å².